The molecule has 0 aliphatic heterocycles. The van der Waals surface area contributed by atoms with Gasteiger partial charge in [0.1, 0.15) is 5.75 Å². The average molecular weight is 398 g/mol. The van der Waals surface area contributed by atoms with Crippen LogP contribution in [0.15, 0.2) is 54.6 Å². The number of hydrogen-bond donors (Lipinski definition) is 1. The highest BCUT2D eigenvalue weighted by molar-refractivity contribution is 5.27. The molecule has 0 spiro atoms. The SMILES string of the molecule is CCCCCCCCCCCCOc1ccc(CN)cc1.CCc1ccccc1. The van der Waals surface area contributed by atoms with Crippen LogP contribution in [-0.2, 0) is 13.0 Å². The van der Waals surface area contributed by atoms with E-state index in [1.54, 1.807) is 0 Å². The third-order valence-electron chi connectivity index (χ3n) is 5.18. The first-order valence-electron chi connectivity index (χ1n) is 11.8. The van der Waals surface area contributed by atoms with Crippen LogP contribution in [0.4, 0.5) is 0 Å². The minimum absolute atomic E-state index is 0.596. The fraction of sp³-hybridized carbons (Fsp3) is 0.556. The lowest BCUT2D eigenvalue weighted by molar-refractivity contribution is 0.304. The predicted octanol–water partition coefficient (Wildman–Crippen LogP) is 7.69. The number of rotatable bonds is 14. The molecule has 29 heavy (non-hydrogen) atoms. The first-order chi connectivity index (χ1) is 14.3. The van der Waals surface area contributed by atoms with E-state index in [-0.39, 0.29) is 0 Å². The van der Waals surface area contributed by atoms with Crippen LogP contribution in [0.2, 0.25) is 0 Å². The monoisotopic (exact) mass is 397 g/mol. The molecule has 0 amide bonds. The van der Waals surface area contributed by atoms with Crippen molar-refractivity contribution in [1.29, 1.82) is 0 Å². The Morgan fingerprint density at radius 2 is 1.17 bits per heavy atom. The molecule has 2 rings (SSSR count). The zero-order chi connectivity index (χ0) is 21.0. The summed E-state index contributed by atoms with van der Waals surface area (Å²) in [6.45, 7) is 5.86. The quantitative estimate of drug-likeness (QED) is 0.331. The van der Waals surface area contributed by atoms with Gasteiger partial charge in [0.15, 0.2) is 0 Å². The summed E-state index contributed by atoms with van der Waals surface area (Å²) in [5.41, 5.74) is 8.14. The summed E-state index contributed by atoms with van der Waals surface area (Å²) in [5.74, 6) is 0.961. The minimum atomic E-state index is 0.596. The van der Waals surface area contributed by atoms with E-state index in [9.17, 15) is 0 Å². The third-order valence-corrected chi connectivity index (χ3v) is 5.18. The second-order valence-corrected chi connectivity index (χ2v) is 7.72. The van der Waals surface area contributed by atoms with E-state index in [0.29, 0.717) is 6.54 Å². The highest BCUT2D eigenvalue weighted by Crippen LogP contribution is 2.14. The van der Waals surface area contributed by atoms with Crippen molar-refractivity contribution in [3.63, 3.8) is 0 Å². The Hall–Kier alpha value is -1.80. The van der Waals surface area contributed by atoms with E-state index < -0.39 is 0 Å². The number of hydrogen-bond acceptors (Lipinski definition) is 2. The molecule has 2 aromatic carbocycles. The van der Waals surface area contributed by atoms with Gasteiger partial charge in [-0.15, -0.1) is 0 Å². The second-order valence-electron chi connectivity index (χ2n) is 7.72. The Morgan fingerprint density at radius 1 is 0.621 bits per heavy atom. The van der Waals surface area contributed by atoms with Gasteiger partial charge >= 0.3 is 0 Å². The van der Waals surface area contributed by atoms with E-state index in [4.69, 9.17) is 10.5 Å². The van der Waals surface area contributed by atoms with Gasteiger partial charge in [-0.25, -0.2) is 0 Å². The van der Waals surface area contributed by atoms with Crippen molar-refractivity contribution in [3.05, 3.63) is 65.7 Å². The van der Waals surface area contributed by atoms with Crippen molar-refractivity contribution in [3.8, 4) is 5.75 Å². The number of ether oxygens (including phenoxy) is 1. The highest BCUT2D eigenvalue weighted by atomic mass is 16.5. The fourth-order valence-electron chi connectivity index (χ4n) is 3.21. The van der Waals surface area contributed by atoms with Crippen molar-refractivity contribution in [2.45, 2.75) is 91.0 Å². The molecule has 0 aromatic heterocycles. The third kappa shape index (κ3) is 13.9. The first kappa shape index (κ1) is 25.2. The Morgan fingerprint density at radius 3 is 1.66 bits per heavy atom. The maximum atomic E-state index is 5.74. The van der Waals surface area contributed by atoms with E-state index in [2.05, 4.69) is 38.1 Å². The van der Waals surface area contributed by atoms with Gasteiger partial charge in [-0.1, -0.05) is 114 Å². The van der Waals surface area contributed by atoms with E-state index in [1.807, 2.05) is 30.3 Å². The predicted molar refractivity (Wildman–Crippen MR) is 127 cm³/mol. The van der Waals surface area contributed by atoms with E-state index in [1.165, 1.54) is 63.4 Å². The molecule has 2 N–H and O–H groups in total. The summed E-state index contributed by atoms with van der Waals surface area (Å²) in [4.78, 5) is 0. The van der Waals surface area contributed by atoms with Gasteiger partial charge in [-0.05, 0) is 36.1 Å². The van der Waals surface area contributed by atoms with E-state index >= 15 is 0 Å². The molecule has 0 unspecified atom stereocenters. The molecule has 2 heteroatoms. The average Bonchev–Trinajstić information content (AvgIpc) is 2.79. The molecule has 0 fully saturated rings. The molecule has 0 bridgehead atoms. The molecule has 0 aliphatic carbocycles. The Kier molecular flexibility index (Phi) is 15.9. The van der Waals surface area contributed by atoms with Crippen LogP contribution in [0.5, 0.6) is 5.75 Å². The zero-order valence-electron chi connectivity index (χ0n) is 18.9. The molecule has 0 saturated heterocycles. The van der Waals surface area contributed by atoms with Crippen molar-refractivity contribution >= 4 is 0 Å². The number of benzene rings is 2. The number of aryl methyl sites for hydroxylation is 1. The molecule has 0 atom stereocenters. The van der Waals surface area contributed by atoms with Crippen LogP contribution in [0.1, 0.15) is 89.2 Å². The summed E-state index contributed by atoms with van der Waals surface area (Å²) >= 11 is 0. The van der Waals surface area contributed by atoms with E-state index in [0.717, 1.165) is 30.8 Å². The van der Waals surface area contributed by atoms with Gasteiger partial charge in [-0.2, -0.15) is 0 Å². The van der Waals surface area contributed by atoms with Crippen molar-refractivity contribution in [2.75, 3.05) is 6.61 Å². The van der Waals surface area contributed by atoms with Crippen molar-refractivity contribution in [2.24, 2.45) is 5.73 Å². The molecule has 2 nitrogen and oxygen atoms in total. The Bertz CT molecular complexity index is 579. The maximum Gasteiger partial charge on any atom is 0.119 e. The van der Waals surface area contributed by atoms with Gasteiger partial charge in [0.2, 0.25) is 0 Å². The normalized spacial score (nSPS) is 10.3. The minimum Gasteiger partial charge on any atom is -0.494 e. The van der Waals surface area contributed by atoms with Gasteiger partial charge in [0.25, 0.3) is 0 Å². The molecule has 0 saturated carbocycles. The smallest absolute Gasteiger partial charge is 0.119 e. The summed E-state index contributed by atoms with van der Waals surface area (Å²) in [5, 5.41) is 0. The van der Waals surface area contributed by atoms with Gasteiger partial charge in [0.05, 0.1) is 6.61 Å². The maximum absolute atomic E-state index is 5.74. The van der Waals surface area contributed by atoms with Crippen LogP contribution in [-0.4, -0.2) is 6.61 Å². The summed E-state index contributed by atoms with van der Waals surface area (Å²) in [6, 6.07) is 18.6. The molecule has 0 heterocycles. The van der Waals surface area contributed by atoms with Gasteiger partial charge in [-0.3, -0.25) is 0 Å². The zero-order valence-corrected chi connectivity index (χ0v) is 18.9. The lowest BCUT2D eigenvalue weighted by atomic mass is 10.1. The fourth-order valence-corrected chi connectivity index (χ4v) is 3.21. The van der Waals surface area contributed by atoms with Gasteiger partial charge < -0.3 is 10.5 Å². The van der Waals surface area contributed by atoms with Crippen LogP contribution in [0, 0.1) is 0 Å². The number of unbranched alkanes of at least 4 members (excludes halogenated alkanes) is 9. The molecular weight excluding hydrogens is 354 g/mol. The lowest BCUT2D eigenvalue weighted by Crippen LogP contribution is -1.99. The van der Waals surface area contributed by atoms with Crippen molar-refractivity contribution in [1.82, 2.24) is 0 Å². The molecule has 2 aromatic rings. The summed E-state index contributed by atoms with van der Waals surface area (Å²) in [7, 11) is 0. The largest absolute Gasteiger partial charge is 0.494 e. The molecule has 0 aliphatic rings. The standard InChI is InChI=1S/C19H33NO.C8H10/c1-2-3-4-5-6-7-8-9-10-11-16-21-19-14-12-18(17-20)13-15-19;1-2-8-6-4-3-5-7-8/h12-15H,2-11,16-17,20H2,1H3;3-7H,2H2,1H3. The topological polar surface area (TPSA) is 35.2 Å². The second kappa shape index (κ2) is 18.2. The van der Waals surface area contributed by atoms with Crippen LogP contribution < -0.4 is 10.5 Å². The summed E-state index contributed by atoms with van der Waals surface area (Å²) in [6.07, 6.45) is 14.8. The molecule has 162 valence electrons. The highest BCUT2D eigenvalue weighted by Gasteiger charge is 1.96. The molecular formula is C27H43NO. The lowest BCUT2D eigenvalue weighted by Gasteiger charge is -2.07. The first-order valence-corrected chi connectivity index (χ1v) is 11.8. The van der Waals surface area contributed by atoms with Crippen LogP contribution >= 0.6 is 0 Å². The summed E-state index contributed by atoms with van der Waals surface area (Å²) < 4.78 is 5.74. The van der Waals surface area contributed by atoms with Crippen LogP contribution in [0.3, 0.4) is 0 Å². The van der Waals surface area contributed by atoms with Gasteiger partial charge in [0, 0.05) is 6.54 Å². The Balaban J connectivity index is 0.000000436. The van der Waals surface area contributed by atoms with Crippen molar-refractivity contribution < 1.29 is 4.74 Å². The molecule has 0 radical (unpaired) electrons. The number of nitrogens with two attached hydrogens (primary N) is 1. The van der Waals surface area contributed by atoms with Crippen LogP contribution in [0.25, 0.3) is 0 Å². The Labute approximate surface area is 179 Å².